The molecule has 1 amide bonds. The molecule has 0 spiro atoms. The first kappa shape index (κ1) is 18.1. The Morgan fingerprint density at radius 3 is 3.07 bits per heavy atom. The Morgan fingerprint density at radius 1 is 1.52 bits per heavy atom. The molecule has 0 radical (unpaired) electrons. The van der Waals surface area contributed by atoms with E-state index in [0.717, 1.165) is 30.8 Å². The van der Waals surface area contributed by atoms with Crippen LogP contribution in [0.15, 0.2) is 21.2 Å². The van der Waals surface area contributed by atoms with E-state index in [1.54, 1.807) is 11.3 Å². The van der Waals surface area contributed by atoms with E-state index in [0.29, 0.717) is 28.7 Å². The summed E-state index contributed by atoms with van der Waals surface area (Å²) in [6.45, 7) is 3.28. The van der Waals surface area contributed by atoms with Crippen LogP contribution in [0.5, 0.6) is 0 Å². The number of piperidine rings is 1. The molecule has 0 saturated carbocycles. The van der Waals surface area contributed by atoms with Gasteiger partial charge in [0.25, 0.3) is 0 Å². The van der Waals surface area contributed by atoms with Crippen LogP contribution in [-0.2, 0) is 18.3 Å². The molecule has 1 aliphatic heterocycles. The van der Waals surface area contributed by atoms with Crippen LogP contribution in [0, 0.1) is 11.7 Å². The van der Waals surface area contributed by atoms with E-state index >= 15 is 0 Å². The number of nitrogens with one attached hydrogen (secondary N) is 1. The van der Waals surface area contributed by atoms with Crippen LogP contribution in [0.1, 0.15) is 36.0 Å². The van der Waals surface area contributed by atoms with Gasteiger partial charge in [0.15, 0.2) is 4.77 Å². The minimum atomic E-state index is 0.0738. The van der Waals surface area contributed by atoms with Crippen LogP contribution in [0.25, 0.3) is 11.5 Å². The fourth-order valence-electron chi connectivity index (χ4n) is 3.50. The van der Waals surface area contributed by atoms with Crippen molar-refractivity contribution < 1.29 is 9.21 Å². The highest BCUT2D eigenvalue weighted by molar-refractivity contribution is 7.71. The molecule has 1 unspecified atom stereocenters. The van der Waals surface area contributed by atoms with Crippen LogP contribution in [0.4, 0.5) is 0 Å². The average molecular weight is 404 g/mol. The molecule has 3 aromatic heterocycles. The van der Waals surface area contributed by atoms with E-state index in [1.807, 2.05) is 40.3 Å². The van der Waals surface area contributed by atoms with E-state index in [2.05, 4.69) is 15.2 Å². The molecule has 0 aliphatic carbocycles. The van der Waals surface area contributed by atoms with Crippen LogP contribution in [0.2, 0.25) is 0 Å². The highest BCUT2D eigenvalue weighted by Gasteiger charge is 2.28. The number of H-pyrrole nitrogens is 1. The summed E-state index contributed by atoms with van der Waals surface area (Å²) < 4.78 is 8.25. The molecule has 1 N–H and O–H groups in total. The molecular weight excluding hydrogens is 382 g/mol. The lowest BCUT2D eigenvalue weighted by Gasteiger charge is -2.32. The molecule has 1 atom stereocenters. The van der Waals surface area contributed by atoms with Gasteiger partial charge in [-0.1, -0.05) is 0 Å². The molecule has 9 heteroatoms. The average Bonchev–Trinajstić information content (AvgIpc) is 3.38. The Labute approximate surface area is 166 Å². The number of carbonyl (C=O) groups is 1. The lowest BCUT2D eigenvalue weighted by Crippen LogP contribution is -2.40. The molecule has 0 aromatic carbocycles. The molecule has 1 fully saturated rings. The lowest BCUT2D eigenvalue weighted by molar-refractivity contribution is -0.131. The van der Waals surface area contributed by atoms with E-state index in [-0.39, 0.29) is 18.2 Å². The van der Waals surface area contributed by atoms with Crippen molar-refractivity contribution in [2.24, 2.45) is 7.05 Å². The van der Waals surface area contributed by atoms with Crippen molar-refractivity contribution in [3.63, 3.8) is 0 Å². The zero-order chi connectivity index (χ0) is 19.0. The van der Waals surface area contributed by atoms with Gasteiger partial charge >= 0.3 is 0 Å². The van der Waals surface area contributed by atoms with Gasteiger partial charge < -0.3 is 13.9 Å². The Bertz CT molecular complexity index is 1000. The van der Waals surface area contributed by atoms with Crippen molar-refractivity contribution in [1.82, 2.24) is 24.6 Å². The largest absolute Gasteiger partial charge is 0.441 e. The highest BCUT2D eigenvalue weighted by atomic mass is 32.1. The zero-order valence-corrected chi connectivity index (χ0v) is 16.9. The van der Waals surface area contributed by atoms with Gasteiger partial charge in [-0.3, -0.25) is 9.89 Å². The zero-order valence-electron chi connectivity index (χ0n) is 15.3. The minimum absolute atomic E-state index is 0.0738. The summed E-state index contributed by atoms with van der Waals surface area (Å²) in [6.07, 6.45) is 2.21. The van der Waals surface area contributed by atoms with Gasteiger partial charge in [0, 0.05) is 37.0 Å². The SMILES string of the molecule is Cc1oc(-c2ccsc2)nc1CC(=O)N1CCCC(c2n[nH]c(=S)n2C)C1. The normalized spacial score (nSPS) is 17.4. The molecule has 4 rings (SSSR count). The second-order valence-corrected chi connectivity index (χ2v) is 8.00. The summed E-state index contributed by atoms with van der Waals surface area (Å²) in [7, 11) is 1.91. The number of aromatic nitrogens is 4. The number of aryl methyl sites for hydroxylation is 1. The predicted molar refractivity (Wildman–Crippen MR) is 105 cm³/mol. The van der Waals surface area contributed by atoms with E-state index in [4.69, 9.17) is 16.6 Å². The third kappa shape index (κ3) is 3.61. The first-order chi connectivity index (χ1) is 13.0. The van der Waals surface area contributed by atoms with E-state index < -0.39 is 0 Å². The molecule has 0 bridgehead atoms. The van der Waals surface area contributed by atoms with Gasteiger partial charge in [-0.25, -0.2) is 4.98 Å². The first-order valence-corrected chi connectivity index (χ1v) is 10.3. The number of carbonyl (C=O) groups excluding carboxylic acids is 1. The van der Waals surface area contributed by atoms with Crippen LogP contribution < -0.4 is 0 Å². The molecule has 3 aromatic rings. The number of hydrogen-bond donors (Lipinski definition) is 1. The van der Waals surface area contributed by atoms with Crippen molar-refractivity contribution in [3.05, 3.63) is 38.9 Å². The van der Waals surface area contributed by atoms with Gasteiger partial charge in [0.2, 0.25) is 11.8 Å². The van der Waals surface area contributed by atoms with Crippen molar-refractivity contribution >= 4 is 29.5 Å². The van der Waals surface area contributed by atoms with Crippen LogP contribution in [-0.4, -0.2) is 43.6 Å². The fraction of sp³-hybridized carbons (Fsp3) is 0.444. The van der Waals surface area contributed by atoms with E-state index in [1.165, 1.54) is 0 Å². The summed E-state index contributed by atoms with van der Waals surface area (Å²) in [5, 5.41) is 11.1. The number of oxazole rings is 1. The van der Waals surface area contributed by atoms with Crippen molar-refractivity contribution in [1.29, 1.82) is 0 Å². The van der Waals surface area contributed by atoms with Crippen molar-refractivity contribution in [3.8, 4) is 11.5 Å². The Hall–Kier alpha value is -2.26. The third-order valence-electron chi connectivity index (χ3n) is 5.03. The summed E-state index contributed by atoms with van der Waals surface area (Å²) in [4.78, 5) is 19.3. The van der Waals surface area contributed by atoms with Crippen LogP contribution in [0.3, 0.4) is 0 Å². The molecule has 4 heterocycles. The minimum Gasteiger partial charge on any atom is -0.441 e. The van der Waals surface area contributed by atoms with Crippen LogP contribution >= 0.6 is 23.6 Å². The maximum absolute atomic E-state index is 12.9. The summed E-state index contributed by atoms with van der Waals surface area (Å²) in [5.74, 6) is 2.46. The fourth-order valence-corrected chi connectivity index (χ4v) is 4.26. The third-order valence-corrected chi connectivity index (χ3v) is 6.08. The number of rotatable bonds is 4. The summed E-state index contributed by atoms with van der Waals surface area (Å²) in [6, 6.07) is 1.97. The number of likely N-dealkylation sites (tertiary alicyclic amines) is 1. The monoisotopic (exact) mass is 403 g/mol. The molecule has 27 heavy (non-hydrogen) atoms. The summed E-state index contributed by atoms with van der Waals surface area (Å²) >= 11 is 6.80. The topological polar surface area (TPSA) is 80.0 Å². The molecule has 1 saturated heterocycles. The van der Waals surface area contributed by atoms with Gasteiger partial charge in [-0.05, 0) is 43.4 Å². The van der Waals surface area contributed by atoms with Gasteiger partial charge in [-0.2, -0.15) is 16.4 Å². The van der Waals surface area contributed by atoms with Gasteiger partial charge in [0.05, 0.1) is 12.1 Å². The maximum atomic E-state index is 12.9. The van der Waals surface area contributed by atoms with Crippen molar-refractivity contribution in [2.45, 2.75) is 32.1 Å². The Morgan fingerprint density at radius 2 is 2.37 bits per heavy atom. The van der Waals surface area contributed by atoms with Gasteiger partial charge in [-0.15, -0.1) is 0 Å². The smallest absolute Gasteiger partial charge is 0.228 e. The number of aromatic amines is 1. The molecule has 1 aliphatic rings. The predicted octanol–water partition coefficient (Wildman–Crippen LogP) is 3.45. The number of amides is 1. The number of hydrogen-bond acceptors (Lipinski definition) is 6. The Kier molecular flexibility index (Phi) is 4.96. The molecule has 7 nitrogen and oxygen atoms in total. The first-order valence-electron chi connectivity index (χ1n) is 8.91. The Balaban J connectivity index is 1.47. The van der Waals surface area contributed by atoms with Gasteiger partial charge in [0.1, 0.15) is 11.6 Å². The standard InChI is InChI=1S/C18H21N5O2S2/c1-11-14(19-17(25-11)13-5-7-27-10-13)8-15(24)23-6-3-4-12(9-23)16-20-21-18(26)22(16)2/h5,7,10,12H,3-4,6,8-9H2,1-2H3,(H,21,26). The van der Waals surface area contributed by atoms with Crippen molar-refractivity contribution in [2.75, 3.05) is 13.1 Å². The highest BCUT2D eigenvalue weighted by Crippen LogP contribution is 2.27. The molecular formula is C18H21N5O2S2. The number of nitrogens with zero attached hydrogens (tertiary/aromatic N) is 4. The molecule has 142 valence electrons. The quantitative estimate of drug-likeness (QED) is 0.675. The maximum Gasteiger partial charge on any atom is 0.228 e. The second kappa shape index (κ2) is 7.40. The van der Waals surface area contributed by atoms with E-state index in [9.17, 15) is 4.79 Å². The summed E-state index contributed by atoms with van der Waals surface area (Å²) in [5.41, 5.74) is 1.66. The number of thiophene rings is 1. The lowest BCUT2D eigenvalue weighted by atomic mass is 9.96. The second-order valence-electron chi connectivity index (χ2n) is 6.84.